The van der Waals surface area contributed by atoms with E-state index >= 15 is 0 Å². The molecule has 0 bridgehead atoms. The van der Waals surface area contributed by atoms with Crippen LogP contribution in [0.3, 0.4) is 0 Å². The molecule has 8 aromatic carbocycles. The van der Waals surface area contributed by atoms with Crippen LogP contribution in [0.15, 0.2) is 194 Å². The lowest BCUT2D eigenvalue weighted by Crippen LogP contribution is -2.31. The van der Waals surface area contributed by atoms with Crippen LogP contribution in [0.2, 0.25) is 0 Å². The monoisotopic (exact) mass is 1050 g/mol. The van der Waals surface area contributed by atoms with Gasteiger partial charge >= 0.3 is 0 Å². The molecule has 0 spiro atoms. The smallest absolute Gasteiger partial charge is 0.119 e. The Hall–Kier alpha value is -7.24. The first-order valence-electron chi connectivity index (χ1n) is 27.8. The zero-order valence-electron chi connectivity index (χ0n) is 45.8. The van der Waals surface area contributed by atoms with Crippen LogP contribution in [0, 0.1) is 0 Å². The summed E-state index contributed by atoms with van der Waals surface area (Å²) in [5.41, 5.74) is 11.6. The summed E-state index contributed by atoms with van der Waals surface area (Å²) < 4.78 is 42.0. The number of phenolic OH excluding ortho intramolecular Hbond substituents is 1. The van der Waals surface area contributed by atoms with E-state index in [0.29, 0.717) is 19.0 Å². The van der Waals surface area contributed by atoms with E-state index in [4.69, 9.17) is 33.2 Å². The van der Waals surface area contributed by atoms with Crippen molar-refractivity contribution in [3.8, 4) is 23.0 Å². The Bertz CT molecular complexity index is 3370. The van der Waals surface area contributed by atoms with Crippen LogP contribution < -0.4 is 14.2 Å². The highest BCUT2D eigenvalue weighted by Gasteiger charge is 2.49. The molecule has 0 saturated carbocycles. The number of ether oxygens (including phenoxy) is 7. The Balaban J connectivity index is 0.768. The molecule has 2 aliphatic carbocycles. The number of methoxy groups -OCH3 is 1. The maximum atomic E-state index is 11.4. The van der Waals surface area contributed by atoms with Crippen molar-refractivity contribution < 1.29 is 43.4 Å². The SMILES string of the molecule is COc1ccc2c(c1)C(c1ccc(OCC(O)COC(C)(C)c3ccc(C4(c5ccc(OCC6CO6)cc5)CC(c5ccccc5)c5ccc(O)cc54)cc3)cc1)(c1ccc(C(C)(C)OCC3CO3)cc1)CC2c1ccccc1. The second-order valence-corrected chi connectivity index (χ2v) is 22.9. The molecular weight excluding hydrogens is 985 g/mol. The van der Waals surface area contributed by atoms with Gasteiger partial charge in [0.15, 0.2) is 0 Å². The second-order valence-electron chi connectivity index (χ2n) is 22.9. The predicted molar refractivity (Wildman–Crippen MR) is 307 cm³/mol. The number of hydrogen-bond donors (Lipinski definition) is 2. The molecule has 8 aromatic rings. The Morgan fingerprint density at radius 2 is 0.924 bits per heavy atom. The summed E-state index contributed by atoms with van der Waals surface area (Å²) in [5.74, 6) is 2.76. The molecule has 7 atom stereocenters. The first kappa shape index (κ1) is 52.5. The zero-order valence-corrected chi connectivity index (χ0v) is 45.8. The van der Waals surface area contributed by atoms with Crippen LogP contribution in [-0.4, -0.2) is 75.3 Å². The number of fused-ring (bicyclic) bond motifs is 2. The molecule has 2 fully saturated rings. The van der Waals surface area contributed by atoms with Gasteiger partial charge in [-0.25, -0.2) is 0 Å². The van der Waals surface area contributed by atoms with Gasteiger partial charge < -0.3 is 43.4 Å². The first-order chi connectivity index (χ1) is 38.3. The fourth-order valence-corrected chi connectivity index (χ4v) is 12.5. The Labute approximate surface area is 464 Å². The second kappa shape index (κ2) is 21.4. The molecule has 9 heteroatoms. The third-order valence-electron chi connectivity index (χ3n) is 17.2. The number of rotatable bonds is 21. The quantitative estimate of drug-likeness (QED) is 0.0680. The summed E-state index contributed by atoms with van der Waals surface area (Å²) in [6.45, 7) is 11.0. The molecule has 12 rings (SSSR count). The lowest BCUT2D eigenvalue weighted by Gasteiger charge is -2.34. The topological polar surface area (TPSA) is 112 Å². The lowest BCUT2D eigenvalue weighted by atomic mass is 9.69. The van der Waals surface area contributed by atoms with Crippen molar-refractivity contribution in [3.63, 3.8) is 0 Å². The van der Waals surface area contributed by atoms with Crippen LogP contribution in [0.1, 0.15) is 119 Å². The molecule has 9 nitrogen and oxygen atoms in total. The minimum atomic E-state index is -0.890. The molecule has 0 radical (unpaired) electrons. The first-order valence-corrected chi connectivity index (χ1v) is 27.8. The van der Waals surface area contributed by atoms with Crippen molar-refractivity contribution in [1.82, 2.24) is 0 Å². The summed E-state index contributed by atoms with van der Waals surface area (Å²) in [6, 6.07) is 68.2. The number of epoxide rings is 2. The molecule has 0 amide bonds. The number of aliphatic hydroxyl groups is 1. The van der Waals surface area contributed by atoms with Crippen molar-refractivity contribution in [3.05, 3.63) is 261 Å². The van der Waals surface area contributed by atoms with Crippen molar-refractivity contribution in [2.45, 2.75) is 92.7 Å². The Kier molecular flexibility index (Phi) is 14.2. The molecule has 79 heavy (non-hydrogen) atoms. The summed E-state index contributed by atoms with van der Waals surface area (Å²) in [4.78, 5) is 0. The third-order valence-corrected chi connectivity index (χ3v) is 17.2. The van der Waals surface area contributed by atoms with Gasteiger partial charge in [0, 0.05) is 22.7 Å². The van der Waals surface area contributed by atoms with Crippen molar-refractivity contribution >= 4 is 0 Å². The van der Waals surface area contributed by atoms with E-state index in [1.165, 1.54) is 33.4 Å². The molecule has 2 aliphatic heterocycles. The van der Waals surface area contributed by atoms with Gasteiger partial charge in [-0.2, -0.15) is 0 Å². The highest BCUT2D eigenvalue weighted by atomic mass is 16.6. The van der Waals surface area contributed by atoms with E-state index in [2.05, 4.69) is 172 Å². The van der Waals surface area contributed by atoms with Crippen molar-refractivity contribution in [2.24, 2.45) is 0 Å². The molecule has 0 aromatic heterocycles. The Morgan fingerprint density at radius 1 is 0.494 bits per heavy atom. The normalized spacial score (nSPS) is 22.4. The molecule has 4 aliphatic rings. The van der Waals surface area contributed by atoms with Gasteiger partial charge in [0.25, 0.3) is 0 Å². The average molecular weight is 1060 g/mol. The maximum Gasteiger partial charge on any atom is 0.119 e. The van der Waals surface area contributed by atoms with E-state index in [9.17, 15) is 10.2 Å². The fourth-order valence-electron chi connectivity index (χ4n) is 12.5. The van der Waals surface area contributed by atoms with E-state index in [0.717, 1.165) is 70.9 Å². The van der Waals surface area contributed by atoms with Gasteiger partial charge in [0.1, 0.15) is 54.5 Å². The molecule has 7 unspecified atom stereocenters. The number of aliphatic hydroxyl groups excluding tert-OH is 1. The van der Waals surface area contributed by atoms with Gasteiger partial charge in [0.2, 0.25) is 0 Å². The summed E-state index contributed by atoms with van der Waals surface area (Å²) >= 11 is 0. The standard InChI is InChI=1S/C70H70O9/c1-67(2,48-16-20-50(21-17-48)69(52-26-31-57(32-27-52)75-42-59-43-76-59)38-63(46-12-8-6-9-13-46)61-34-28-54(71)36-65(61)69)78-41-55(72)40-74-56-29-24-53(25-30-56)70(51-22-18-49(19-23-51)68(3,4)79-45-60-44-77-60)39-64(47-14-10-7-11-15-47)62-35-33-58(73-5)37-66(62)70/h6-37,55,59-60,63-64,71-72H,38-45H2,1-5H3. The number of aromatic hydroxyl groups is 1. The lowest BCUT2D eigenvalue weighted by molar-refractivity contribution is -0.0717. The van der Waals surface area contributed by atoms with Crippen LogP contribution in [-0.2, 0) is 41.0 Å². The Morgan fingerprint density at radius 3 is 1.42 bits per heavy atom. The van der Waals surface area contributed by atoms with E-state index in [1.54, 1.807) is 13.2 Å². The van der Waals surface area contributed by atoms with Gasteiger partial charge in [0.05, 0.1) is 44.7 Å². The van der Waals surface area contributed by atoms with Gasteiger partial charge in [-0.05, 0) is 156 Å². The fraction of sp³-hybridized carbons (Fsp3) is 0.314. The van der Waals surface area contributed by atoms with Gasteiger partial charge in [-0.15, -0.1) is 0 Å². The van der Waals surface area contributed by atoms with Crippen LogP contribution in [0.5, 0.6) is 23.0 Å². The molecule has 404 valence electrons. The highest BCUT2D eigenvalue weighted by Crippen LogP contribution is 2.58. The van der Waals surface area contributed by atoms with Crippen LogP contribution in [0.4, 0.5) is 0 Å². The molecular formula is C70H70O9. The minimum Gasteiger partial charge on any atom is -0.508 e. The van der Waals surface area contributed by atoms with Crippen molar-refractivity contribution in [1.29, 1.82) is 0 Å². The molecule has 2 heterocycles. The molecule has 2 N–H and O–H groups in total. The summed E-state index contributed by atoms with van der Waals surface area (Å²) in [7, 11) is 1.73. The van der Waals surface area contributed by atoms with E-state index in [1.807, 2.05) is 44.2 Å². The molecule has 2 saturated heterocycles. The van der Waals surface area contributed by atoms with Gasteiger partial charge in [-0.3, -0.25) is 0 Å². The summed E-state index contributed by atoms with van der Waals surface area (Å²) in [6.07, 6.45) is 1.05. The number of hydrogen-bond acceptors (Lipinski definition) is 9. The third kappa shape index (κ3) is 10.5. The number of benzene rings is 8. The van der Waals surface area contributed by atoms with Crippen LogP contribution in [0.25, 0.3) is 0 Å². The average Bonchev–Trinajstić information content (AvgIpc) is 4.62. The largest absolute Gasteiger partial charge is 0.508 e. The predicted octanol–water partition coefficient (Wildman–Crippen LogP) is 13.3. The van der Waals surface area contributed by atoms with Crippen molar-refractivity contribution in [2.75, 3.05) is 46.8 Å². The zero-order chi connectivity index (χ0) is 54.4. The number of phenols is 1. The van der Waals surface area contributed by atoms with Crippen LogP contribution >= 0.6 is 0 Å². The van der Waals surface area contributed by atoms with E-state index < -0.39 is 28.1 Å². The van der Waals surface area contributed by atoms with Gasteiger partial charge in [-0.1, -0.05) is 146 Å². The highest BCUT2D eigenvalue weighted by molar-refractivity contribution is 5.64. The maximum absolute atomic E-state index is 11.4. The summed E-state index contributed by atoms with van der Waals surface area (Å²) in [5, 5.41) is 22.5. The van der Waals surface area contributed by atoms with E-state index in [-0.39, 0.29) is 43.0 Å². The minimum absolute atomic E-state index is 0.0529.